The molecular formula is C21H27N3O2. The lowest BCUT2D eigenvalue weighted by Gasteiger charge is -2.33. The normalized spacial score (nSPS) is 21.8. The number of urea groups is 1. The lowest BCUT2D eigenvalue weighted by molar-refractivity contribution is 0.0633. The lowest BCUT2D eigenvalue weighted by atomic mass is 10.0. The molecule has 2 aromatic rings. The third-order valence-electron chi connectivity index (χ3n) is 5.45. The number of nitrogens with zero attached hydrogens (tertiary/aromatic N) is 1. The molecule has 2 aliphatic rings. The second-order valence-corrected chi connectivity index (χ2v) is 7.34. The van der Waals surface area contributed by atoms with Crippen LogP contribution in [-0.2, 0) is 4.74 Å². The van der Waals surface area contributed by atoms with Gasteiger partial charge in [0.25, 0.3) is 0 Å². The molecule has 0 spiro atoms. The van der Waals surface area contributed by atoms with Crippen molar-refractivity contribution in [1.29, 1.82) is 0 Å². The zero-order valence-electron chi connectivity index (χ0n) is 15.1. The van der Waals surface area contributed by atoms with Crippen LogP contribution in [0.3, 0.4) is 0 Å². The Hall–Kier alpha value is -2.11. The quantitative estimate of drug-likeness (QED) is 0.883. The summed E-state index contributed by atoms with van der Waals surface area (Å²) in [7, 11) is 0. The summed E-state index contributed by atoms with van der Waals surface area (Å²) in [5, 5.41) is 8.36. The minimum atomic E-state index is -0.112. The fourth-order valence-electron chi connectivity index (χ4n) is 4.01. The van der Waals surface area contributed by atoms with Gasteiger partial charge in [-0.1, -0.05) is 36.4 Å². The van der Waals surface area contributed by atoms with Crippen molar-refractivity contribution in [3.05, 3.63) is 42.5 Å². The molecule has 0 unspecified atom stereocenters. The highest BCUT2D eigenvalue weighted by Crippen LogP contribution is 2.23. The van der Waals surface area contributed by atoms with E-state index in [0.29, 0.717) is 6.10 Å². The van der Waals surface area contributed by atoms with E-state index in [1.807, 2.05) is 30.3 Å². The van der Waals surface area contributed by atoms with E-state index in [9.17, 15) is 4.79 Å². The second-order valence-electron chi connectivity index (χ2n) is 7.34. The van der Waals surface area contributed by atoms with Gasteiger partial charge in [0.2, 0.25) is 0 Å². The lowest BCUT2D eigenvalue weighted by Crippen LogP contribution is -2.47. The van der Waals surface area contributed by atoms with Crippen LogP contribution in [0, 0.1) is 0 Å². The molecule has 2 fully saturated rings. The Labute approximate surface area is 154 Å². The summed E-state index contributed by atoms with van der Waals surface area (Å²) in [5.74, 6) is 0. The number of fused-ring (bicyclic) bond motifs is 1. The van der Waals surface area contributed by atoms with Gasteiger partial charge in [0.1, 0.15) is 0 Å². The number of ether oxygens (including phenoxy) is 1. The van der Waals surface area contributed by atoms with Crippen LogP contribution in [0.25, 0.3) is 10.8 Å². The maximum absolute atomic E-state index is 12.4. The summed E-state index contributed by atoms with van der Waals surface area (Å²) in [5.41, 5.74) is 0.858. The number of amides is 2. The van der Waals surface area contributed by atoms with Gasteiger partial charge >= 0.3 is 6.03 Å². The Balaban J connectivity index is 1.27. The number of hydrogen-bond acceptors (Lipinski definition) is 3. The zero-order chi connectivity index (χ0) is 17.8. The Morgan fingerprint density at radius 1 is 1.08 bits per heavy atom. The summed E-state index contributed by atoms with van der Waals surface area (Å²) in [6, 6.07) is 14.2. The number of likely N-dealkylation sites (tertiary alicyclic amines) is 1. The molecule has 0 bridgehead atoms. The molecule has 4 rings (SSSR count). The molecule has 2 aliphatic heterocycles. The van der Waals surface area contributed by atoms with Gasteiger partial charge in [0.15, 0.2) is 0 Å². The second kappa shape index (κ2) is 8.06. The van der Waals surface area contributed by atoms with Gasteiger partial charge in [-0.25, -0.2) is 4.79 Å². The number of rotatable bonds is 4. The Morgan fingerprint density at radius 2 is 1.88 bits per heavy atom. The minimum absolute atomic E-state index is 0.112. The molecule has 138 valence electrons. The Morgan fingerprint density at radius 3 is 2.69 bits per heavy atom. The van der Waals surface area contributed by atoms with Crippen LogP contribution in [0.5, 0.6) is 0 Å². The van der Waals surface area contributed by atoms with E-state index in [0.717, 1.165) is 55.5 Å². The smallest absolute Gasteiger partial charge is 0.319 e. The first-order valence-corrected chi connectivity index (χ1v) is 9.67. The topological polar surface area (TPSA) is 53.6 Å². The van der Waals surface area contributed by atoms with Crippen LogP contribution in [-0.4, -0.2) is 49.3 Å². The maximum Gasteiger partial charge on any atom is 0.319 e. The van der Waals surface area contributed by atoms with Crippen molar-refractivity contribution in [2.75, 3.05) is 31.6 Å². The fraction of sp³-hybridized carbons (Fsp3) is 0.476. The molecule has 0 radical (unpaired) electrons. The van der Waals surface area contributed by atoms with Crippen LogP contribution in [0.2, 0.25) is 0 Å². The van der Waals surface area contributed by atoms with Crippen LogP contribution in [0.15, 0.2) is 42.5 Å². The molecule has 2 heterocycles. The third kappa shape index (κ3) is 4.17. The first kappa shape index (κ1) is 17.3. The van der Waals surface area contributed by atoms with Gasteiger partial charge in [0.05, 0.1) is 11.8 Å². The number of carbonyl (C=O) groups excluding carboxylic acids is 1. The first-order chi connectivity index (χ1) is 12.8. The monoisotopic (exact) mass is 353 g/mol. The Bertz CT molecular complexity index is 745. The molecule has 1 atom stereocenters. The van der Waals surface area contributed by atoms with E-state index >= 15 is 0 Å². The standard InChI is InChI=1S/C21H27N3O2/c25-21(23-20-9-3-6-16-5-1-2-8-19(16)20)22-17-10-12-24(13-11-17)15-18-7-4-14-26-18/h1-3,5-6,8-9,17-18H,4,7,10-15H2,(H2,22,23,25)/t18-/m1/s1. The van der Waals surface area contributed by atoms with Gasteiger partial charge in [-0.3, -0.25) is 0 Å². The van der Waals surface area contributed by atoms with Crippen molar-refractivity contribution in [2.24, 2.45) is 0 Å². The summed E-state index contributed by atoms with van der Waals surface area (Å²) >= 11 is 0. The van der Waals surface area contributed by atoms with Crippen LogP contribution in [0.4, 0.5) is 10.5 Å². The van der Waals surface area contributed by atoms with Crippen molar-refractivity contribution in [3.8, 4) is 0 Å². The molecule has 5 nitrogen and oxygen atoms in total. The van der Waals surface area contributed by atoms with Crippen LogP contribution >= 0.6 is 0 Å². The highest BCUT2D eigenvalue weighted by molar-refractivity contribution is 6.01. The van der Waals surface area contributed by atoms with Gasteiger partial charge in [-0.2, -0.15) is 0 Å². The number of anilines is 1. The van der Waals surface area contributed by atoms with E-state index in [4.69, 9.17) is 4.74 Å². The number of nitrogens with one attached hydrogen (secondary N) is 2. The van der Waals surface area contributed by atoms with E-state index in [2.05, 4.69) is 27.7 Å². The molecule has 0 aromatic heterocycles. The van der Waals surface area contributed by atoms with Gasteiger partial charge in [0, 0.05) is 37.7 Å². The zero-order valence-corrected chi connectivity index (χ0v) is 15.1. The summed E-state index contributed by atoms with van der Waals surface area (Å²) in [6.45, 7) is 4.00. The van der Waals surface area contributed by atoms with Crippen molar-refractivity contribution in [1.82, 2.24) is 10.2 Å². The van der Waals surface area contributed by atoms with E-state index in [-0.39, 0.29) is 12.1 Å². The van der Waals surface area contributed by atoms with Gasteiger partial charge in [-0.15, -0.1) is 0 Å². The SMILES string of the molecule is O=C(Nc1cccc2ccccc12)NC1CCN(C[C@H]2CCCO2)CC1. The summed E-state index contributed by atoms with van der Waals surface area (Å²) in [6.07, 6.45) is 4.78. The predicted octanol–water partition coefficient (Wildman–Crippen LogP) is 3.60. The molecule has 0 aliphatic carbocycles. The van der Waals surface area contributed by atoms with Crippen molar-refractivity contribution in [3.63, 3.8) is 0 Å². The molecule has 2 saturated heterocycles. The number of hydrogen-bond donors (Lipinski definition) is 2. The fourth-order valence-corrected chi connectivity index (χ4v) is 4.01. The average molecular weight is 353 g/mol. The van der Waals surface area contributed by atoms with Crippen molar-refractivity contribution >= 4 is 22.5 Å². The highest BCUT2D eigenvalue weighted by Gasteiger charge is 2.24. The Kier molecular flexibility index (Phi) is 5.37. The number of piperidine rings is 1. The van der Waals surface area contributed by atoms with Crippen LogP contribution in [0.1, 0.15) is 25.7 Å². The molecule has 0 saturated carbocycles. The van der Waals surface area contributed by atoms with Gasteiger partial charge < -0.3 is 20.3 Å². The maximum atomic E-state index is 12.4. The number of benzene rings is 2. The molecule has 2 aromatic carbocycles. The molecule has 26 heavy (non-hydrogen) atoms. The molecule has 2 amide bonds. The van der Waals surface area contributed by atoms with E-state index in [1.165, 1.54) is 12.8 Å². The largest absolute Gasteiger partial charge is 0.377 e. The first-order valence-electron chi connectivity index (χ1n) is 9.67. The van der Waals surface area contributed by atoms with Crippen molar-refractivity contribution in [2.45, 2.75) is 37.8 Å². The molecule has 5 heteroatoms. The average Bonchev–Trinajstić information content (AvgIpc) is 3.17. The summed E-state index contributed by atoms with van der Waals surface area (Å²) < 4.78 is 5.73. The predicted molar refractivity (Wildman–Crippen MR) is 105 cm³/mol. The van der Waals surface area contributed by atoms with E-state index in [1.54, 1.807) is 0 Å². The van der Waals surface area contributed by atoms with Crippen molar-refractivity contribution < 1.29 is 9.53 Å². The minimum Gasteiger partial charge on any atom is -0.377 e. The molecular weight excluding hydrogens is 326 g/mol. The van der Waals surface area contributed by atoms with E-state index < -0.39 is 0 Å². The molecule has 2 N–H and O–H groups in total. The van der Waals surface area contributed by atoms with Gasteiger partial charge in [-0.05, 0) is 37.1 Å². The number of carbonyl (C=O) groups is 1. The highest BCUT2D eigenvalue weighted by atomic mass is 16.5. The summed E-state index contributed by atoms with van der Waals surface area (Å²) in [4.78, 5) is 14.9. The van der Waals surface area contributed by atoms with Crippen LogP contribution < -0.4 is 10.6 Å². The third-order valence-corrected chi connectivity index (χ3v) is 5.45.